The highest BCUT2D eigenvalue weighted by atomic mass is 14.3. The molecule has 0 N–H and O–H groups in total. The van der Waals surface area contributed by atoms with Gasteiger partial charge in [-0.25, -0.2) is 0 Å². The third kappa shape index (κ3) is 1.24. The Morgan fingerprint density at radius 1 is 0.833 bits per heavy atom. The highest BCUT2D eigenvalue weighted by molar-refractivity contribution is 5.38. The molecule has 1 aliphatic rings. The van der Waals surface area contributed by atoms with E-state index in [1.54, 1.807) is 22.3 Å². The van der Waals surface area contributed by atoms with E-state index in [4.69, 9.17) is 0 Å². The second-order valence-electron chi connectivity index (χ2n) is 4.61. The van der Waals surface area contributed by atoms with Crippen LogP contribution >= 0.6 is 0 Å². The Morgan fingerprint density at radius 2 is 1.17 bits per heavy atom. The molecule has 68 valence electrons. The van der Waals surface area contributed by atoms with Gasteiger partial charge in [0.25, 0.3) is 0 Å². The minimum Gasteiger partial charge on any atom is -0.0695 e. The Hall–Kier alpha value is -0.520. The highest BCUT2D eigenvalue weighted by Gasteiger charge is 2.28. The summed E-state index contributed by atoms with van der Waals surface area (Å²) in [6, 6.07) is 0. The first-order valence-corrected chi connectivity index (χ1v) is 4.71. The van der Waals surface area contributed by atoms with Crippen molar-refractivity contribution >= 4 is 0 Å². The van der Waals surface area contributed by atoms with Crippen LogP contribution in [0, 0.1) is 5.41 Å². The molecule has 0 heterocycles. The quantitative estimate of drug-likeness (QED) is 0.473. The van der Waals surface area contributed by atoms with Crippen LogP contribution in [0.5, 0.6) is 0 Å². The van der Waals surface area contributed by atoms with E-state index in [1.807, 2.05) is 0 Å². The van der Waals surface area contributed by atoms with E-state index in [9.17, 15) is 0 Å². The first kappa shape index (κ1) is 9.57. The van der Waals surface area contributed by atoms with Gasteiger partial charge in [0.1, 0.15) is 0 Å². The van der Waals surface area contributed by atoms with Gasteiger partial charge in [-0.15, -0.1) is 0 Å². The van der Waals surface area contributed by atoms with Gasteiger partial charge in [0.05, 0.1) is 0 Å². The zero-order valence-corrected chi connectivity index (χ0v) is 9.21. The van der Waals surface area contributed by atoms with Gasteiger partial charge in [-0.2, -0.15) is 0 Å². The molecule has 0 aromatic carbocycles. The monoisotopic (exact) mass is 164 g/mol. The fraction of sp³-hybridized carbons (Fsp3) is 0.667. The molecule has 0 saturated heterocycles. The summed E-state index contributed by atoms with van der Waals surface area (Å²) in [6.45, 7) is 13.7. The lowest BCUT2D eigenvalue weighted by Gasteiger charge is -2.35. The number of allylic oxidation sites excluding steroid dienone is 4. The van der Waals surface area contributed by atoms with Crippen LogP contribution in [0.2, 0.25) is 0 Å². The van der Waals surface area contributed by atoms with E-state index in [0.29, 0.717) is 5.41 Å². The third-order valence-corrected chi connectivity index (χ3v) is 3.69. The summed E-state index contributed by atoms with van der Waals surface area (Å²) >= 11 is 0. The van der Waals surface area contributed by atoms with Crippen molar-refractivity contribution in [3.8, 4) is 0 Å². The van der Waals surface area contributed by atoms with Crippen LogP contribution in [0.3, 0.4) is 0 Å². The molecule has 0 saturated carbocycles. The Morgan fingerprint density at radius 3 is 1.50 bits per heavy atom. The summed E-state index contributed by atoms with van der Waals surface area (Å²) < 4.78 is 0. The van der Waals surface area contributed by atoms with Gasteiger partial charge in [0, 0.05) is 5.41 Å². The van der Waals surface area contributed by atoms with Gasteiger partial charge in [-0.1, -0.05) is 36.1 Å². The van der Waals surface area contributed by atoms with Crippen molar-refractivity contribution in [1.82, 2.24) is 0 Å². The summed E-state index contributed by atoms with van der Waals surface area (Å²) in [5.41, 5.74) is 6.54. The topological polar surface area (TPSA) is 0 Å². The lowest BCUT2D eigenvalue weighted by Crippen LogP contribution is -2.20. The van der Waals surface area contributed by atoms with Crippen LogP contribution in [0.1, 0.15) is 48.0 Å². The molecular weight excluding hydrogens is 144 g/mol. The minimum atomic E-state index is 0.298. The van der Waals surface area contributed by atoms with Crippen molar-refractivity contribution in [3.63, 3.8) is 0 Å². The SMILES string of the molecule is CC1=C(C)C(C)(C)C(C)=C(C)C1. The average Bonchev–Trinajstić information content (AvgIpc) is 1.99. The molecule has 0 spiro atoms. The molecule has 0 unspecified atom stereocenters. The van der Waals surface area contributed by atoms with Crippen LogP contribution in [0.25, 0.3) is 0 Å². The summed E-state index contributed by atoms with van der Waals surface area (Å²) in [6.07, 6.45) is 1.18. The van der Waals surface area contributed by atoms with E-state index < -0.39 is 0 Å². The molecule has 0 aromatic rings. The van der Waals surface area contributed by atoms with Gasteiger partial charge >= 0.3 is 0 Å². The predicted molar refractivity (Wildman–Crippen MR) is 55.1 cm³/mol. The number of hydrogen-bond donors (Lipinski definition) is 0. The maximum atomic E-state index is 2.32. The Bertz CT molecular complexity index is 236. The second-order valence-corrected chi connectivity index (χ2v) is 4.61. The fourth-order valence-corrected chi connectivity index (χ4v) is 2.01. The molecule has 0 atom stereocenters. The maximum absolute atomic E-state index is 2.32. The van der Waals surface area contributed by atoms with E-state index in [-0.39, 0.29) is 0 Å². The van der Waals surface area contributed by atoms with Gasteiger partial charge in [-0.3, -0.25) is 0 Å². The van der Waals surface area contributed by atoms with Gasteiger partial charge in [0.2, 0.25) is 0 Å². The Balaban J connectivity index is 3.19. The van der Waals surface area contributed by atoms with Crippen LogP contribution in [-0.2, 0) is 0 Å². The minimum absolute atomic E-state index is 0.298. The van der Waals surface area contributed by atoms with Crippen molar-refractivity contribution < 1.29 is 0 Å². The Kier molecular flexibility index (Phi) is 2.20. The second kappa shape index (κ2) is 2.76. The smallest absolute Gasteiger partial charge is 0.00638 e. The first-order valence-electron chi connectivity index (χ1n) is 4.71. The molecule has 0 fully saturated rings. The average molecular weight is 164 g/mol. The fourth-order valence-electron chi connectivity index (χ4n) is 2.01. The number of hydrogen-bond acceptors (Lipinski definition) is 0. The zero-order valence-electron chi connectivity index (χ0n) is 9.21. The summed E-state index contributed by atoms with van der Waals surface area (Å²) in [7, 11) is 0. The highest BCUT2D eigenvalue weighted by Crippen LogP contribution is 2.43. The van der Waals surface area contributed by atoms with E-state index in [2.05, 4.69) is 41.5 Å². The van der Waals surface area contributed by atoms with Gasteiger partial charge < -0.3 is 0 Å². The molecule has 0 aromatic heterocycles. The van der Waals surface area contributed by atoms with E-state index >= 15 is 0 Å². The molecule has 1 rings (SSSR count). The van der Waals surface area contributed by atoms with E-state index in [0.717, 1.165) is 0 Å². The van der Waals surface area contributed by atoms with Crippen LogP contribution in [-0.4, -0.2) is 0 Å². The molecule has 1 aliphatic carbocycles. The van der Waals surface area contributed by atoms with Crippen molar-refractivity contribution in [2.75, 3.05) is 0 Å². The third-order valence-electron chi connectivity index (χ3n) is 3.69. The van der Waals surface area contributed by atoms with Crippen LogP contribution in [0.4, 0.5) is 0 Å². The largest absolute Gasteiger partial charge is 0.0695 e. The van der Waals surface area contributed by atoms with E-state index in [1.165, 1.54) is 6.42 Å². The predicted octanol–water partition coefficient (Wildman–Crippen LogP) is 4.09. The van der Waals surface area contributed by atoms with Gasteiger partial charge in [-0.05, 0) is 34.1 Å². The molecule has 0 nitrogen and oxygen atoms in total. The summed E-state index contributed by atoms with van der Waals surface area (Å²) in [5, 5.41) is 0. The standard InChI is InChI=1S/C12H20/c1-8-7-9(2)11(4)12(5,6)10(8)3/h7H2,1-6H3. The van der Waals surface area contributed by atoms with Crippen molar-refractivity contribution in [1.29, 1.82) is 0 Å². The molecule has 0 amide bonds. The van der Waals surface area contributed by atoms with Crippen molar-refractivity contribution in [2.24, 2.45) is 5.41 Å². The number of rotatable bonds is 0. The maximum Gasteiger partial charge on any atom is 0.00638 e. The summed E-state index contributed by atoms with van der Waals surface area (Å²) in [4.78, 5) is 0. The molecule has 0 heteroatoms. The molecule has 12 heavy (non-hydrogen) atoms. The van der Waals surface area contributed by atoms with Crippen LogP contribution < -0.4 is 0 Å². The molecule has 0 aliphatic heterocycles. The summed E-state index contributed by atoms with van der Waals surface area (Å²) in [5.74, 6) is 0. The lowest BCUT2D eigenvalue weighted by molar-refractivity contribution is 0.510. The zero-order chi connectivity index (χ0) is 9.52. The molecule has 0 radical (unpaired) electrons. The van der Waals surface area contributed by atoms with Crippen molar-refractivity contribution in [2.45, 2.75) is 48.0 Å². The first-order chi connectivity index (χ1) is 5.37. The molecular formula is C12H20. The Labute approximate surface area is 76.4 Å². The van der Waals surface area contributed by atoms with Crippen LogP contribution in [0.15, 0.2) is 22.3 Å². The lowest BCUT2D eigenvalue weighted by atomic mass is 9.70. The van der Waals surface area contributed by atoms with Crippen molar-refractivity contribution in [3.05, 3.63) is 22.3 Å². The normalized spacial score (nSPS) is 23.5. The van der Waals surface area contributed by atoms with Gasteiger partial charge in [0.15, 0.2) is 0 Å². The molecule has 0 bridgehead atoms.